The van der Waals surface area contributed by atoms with Crippen LogP contribution in [0, 0.1) is 0 Å². The molecule has 0 fully saturated rings. The third kappa shape index (κ3) is 12.0. The van der Waals surface area contributed by atoms with Crippen molar-refractivity contribution in [3.63, 3.8) is 0 Å². The second-order valence-corrected chi connectivity index (χ2v) is 17.7. The number of hydrogen-bond donors (Lipinski definition) is 0. The number of ether oxygens (including phenoxy) is 4. The Morgan fingerprint density at radius 1 is 0.789 bits per heavy atom. The number of rotatable bonds is 13. The minimum absolute atomic E-state index is 0.154. The Morgan fingerprint density at radius 3 is 1.53 bits per heavy atom. The van der Waals surface area contributed by atoms with Gasteiger partial charge < -0.3 is 18.9 Å². The van der Waals surface area contributed by atoms with Crippen LogP contribution in [0.2, 0.25) is 19.6 Å². The molecule has 0 saturated heterocycles. The summed E-state index contributed by atoms with van der Waals surface area (Å²) in [6, 6.07) is 0. The highest BCUT2D eigenvalue weighted by atomic mass is 31.4. The van der Waals surface area contributed by atoms with Crippen LogP contribution in [0.15, 0.2) is 0 Å². The molecule has 0 rings (SSSR count). The van der Waals surface area contributed by atoms with Gasteiger partial charge in [0.2, 0.25) is 0 Å². The zero-order chi connectivity index (χ0) is 14.6. The highest BCUT2D eigenvalue weighted by Gasteiger charge is 2.24. The fourth-order valence-electron chi connectivity index (χ4n) is 1.78. The van der Waals surface area contributed by atoms with Crippen LogP contribution < -0.4 is 0 Å². The largest absolute Gasteiger partial charge is 0.359 e. The van der Waals surface area contributed by atoms with E-state index < -0.39 is 7.74 Å². The Hall–Kier alpha value is 0.487. The summed E-state index contributed by atoms with van der Waals surface area (Å²) in [4.78, 5) is 0. The van der Waals surface area contributed by atoms with Crippen molar-refractivity contribution in [3.05, 3.63) is 0 Å². The van der Waals surface area contributed by atoms with Gasteiger partial charge in [0.05, 0.1) is 7.74 Å². The van der Waals surface area contributed by atoms with Crippen LogP contribution in [0.3, 0.4) is 0 Å². The molecule has 0 atom stereocenters. The van der Waals surface area contributed by atoms with Gasteiger partial charge in [-0.3, -0.25) is 0 Å². The maximum Gasteiger partial charge on any atom is 0.146 e. The average molecular weight is 310 g/mol. The maximum atomic E-state index is 5.37. The molecule has 0 saturated carbocycles. The van der Waals surface area contributed by atoms with Crippen molar-refractivity contribution in [1.82, 2.24) is 0 Å². The van der Waals surface area contributed by atoms with Gasteiger partial charge in [0.1, 0.15) is 13.6 Å². The Morgan fingerprint density at radius 2 is 1.21 bits per heavy atom. The number of methoxy groups -OCH3 is 2. The zero-order valence-corrected chi connectivity index (χ0v) is 15.1. The van der Waals surface area contributed by atoms with Crippen molar-refractivity contribution in [3.8, 4) is 0 Å². The van der Waals surface area contributed by atoms with Gasteiger partial charge in [0.25, 0.3) is 0 Å². The summed E-state index contributed by atoms with van der Waals surface area (Å²) in [6.07, 6.45) is 4.94. The van der Waals surface area contributed by atoms with Gasteiger partial charge in [-0.25, -0.2) is 0 Å². The molecule has 0 aromatic carbocycles. The number of hydrogen-bond acceptors (Lipinski definition) is 4. The van der Waals surface area contributed by atoms with E-state index in [0.717, 1.165) is 26.1 Å². The van der Waals surface area contributed by atoms with E-state index in [2.05, 4.69) is 19.6 Å². The predicted octanol–water partition coefficient (Wildman–Crippen LogP) is 3.32. The van der Waals surface area contributed by atoms with Crippen molar-refractivity contribution in [2.24, 2.45) is 0 Å². The normalized spacial score (nSPS) is 12.3. The van der Waals surface area contributed by atoms with Crippen LogP contribution in [-0.2, 0) is 18.9 Å². The Labute approximate surface area is 120 Å². The third-order valence-electron chi connectivity index (χ3n) is 2.78. The van der Waals surface area contributed by atoms with Gasteiger partial charge in [0.15, 0.2) is 0 Å². The molecule has 19 heavy (non-hydrogen) atoms. The molecular weight excluding hydrogens is 279 g/mol. The van der Waals surface area contributed by atoms with Crippen LogP contribution in [-0.4, -0.2) is 61.1 Å². The molecule has 0 N–H and O–H groups in total. The van der Waals surface area contributed by atoms with Crippen LogP contribution in [0.1, 0.15) is 12.8 Å². The summed E-state index contributed by atoms with van der Waals surface area (Å²) in [5, 5.41) is 0. The highest BCUT2D eigenvalue weighted by Crippen LogP contribution is 2.47. The van der Waals surface area contributed by atoms with Gasteiger partial charge in [-0.15, -0.1) is 7.47 Å². The Balaban J connectivity index is 3.77. The molecule has 0 aliphatic heterocycles. The first kappa shape index (κ1) is 19.5. The van der Waals surface area contributed by atoms with Gasteiger partial charge in [0, 0.05) is 27.4 Å². The molecule has 0 heterocycles. The quantitative estimate of drug-likeness (QED) is 0.226. The summed E-state index contributed by atoms with van der Waals surface area (Å²) < 4.78 is 20.5. The van der Waals surface area contributed by atoms with Gasteiger partial charge >= 0.3 is 0 Å². The lowest BCUT2D eigenvalue weighted by atomic mass is 10.5. The summed E-state index contributed by atoms with van der Waals surface area (Å²) in [7, 11) is 2.44. The molecular formula is C13H31O4PSi. The molecule has 0 aromatic rings. The van der Waals surface area contributed by atoms with Gasteiger partial charge in [-0.1, -0.05) is 19.6 Å². The Bertz CT molecular complexity index is 186. The lowest BCUT2D eigenvalue weighted by Gasteiger charge is -2.30. The van der Waals surface area contributed by atoms with Crippen molar-refractivity contribution in [1.29, 1.82) is 0 Å². The standard InChI is InChI=1S/C13H31O4PSi/c1-14-12-16-8-6-10-18(19(3,4)5)11-7-9-17-13-15-2/h6-13H2,1-5H3. The summed E-state index contributed by atoms with van der Waals surface area (Å²) >= 11 is 0. The second kappa shape index (κ2) is 12.2. The summed E-state index contributed by atoms with van der Waals surface area (Å²) in [5.41, 5.74) is 0. The lowest BCUT2D eigenvalue weighted by molar-refractivity contribution is -0.0300. The monoisotopic (exact) mass is 310 g/mol. The van der Waals surface area contributed by atoms with Crippen molar-refractivity contribution < 1.29 is 18.9 Å². The second-order valence-electron chi connectivity index (χ2n) is 5.49. The van der Waals surface area contributed by atoms with E-state index in [-0.39, 0.29) is 7.47 Å². The van der Waals surface area contributed by atoms with E-state index in [1.54, 1.807) is 14.2 Å². The minimum Gasteiger partial charge on any atom is -0.359 e. The predicted molar refractivity (Wildman–Crippen MR) is 84.9 cm³/mol. The zero-order valence-electron chi connectivity index (χ0n) is 13.2. The van der Waals surface area contributed by atoms with Crippen LogP contribution in [0.25, 0.3) is 0 Å². The van der Waals surface area contributed by atoms with Crippen LogP contribution in [0.5, 0.6) is 0 Å². The molecule has 6 heteroatoms. The van der Waals surface area contributed by atoms with Crippen molar-refractivity contribution >= 4 is 15.2 Å². The van der Waals surface area contributed by atoms with E-state index in [1.807, 2.05) is 0 Å². The van der Waals surface area contributed by atoms with E-state index in [1.165, 1.54) is 12.3 Å². The van der Waals surface area contributed by atoms with Crippen molar-refractivity contribution in [2.45, 2.75) is 32.5 Å². The van der Waals surface area contributed by atoms with E-state index in [4.69, 9.17) is 18.9 Å². The topological polar surface area (TPSA) is 36.9 Å². The summed E-state index contributed by atoms with van der Waals surface area (Å²) in [6.45, 7) is 9.89. The maximum absolute atomic E-state index is 5.37. The lowest BCUT2D eigenvalue weighted by Crippen LogP contribution is -2.22. The molecule has 0 aromatic heterocycles. The van der Waals surface area contributed by atoms with Crippen LogP contribution in [0.4, 0.5) is 0 Å². The molecule has 0 radical (unpaired) electrons. The SMILES string of the molecule is COCOCCCP(CCCOCOC)[Si](C)(C)C. The fraction of sp³-hybridized carbons (Fsp3) is 1.00. The molecule has 0 unspecified atom stereocenters. The first-order chi connectivity index (χ1) is 9.02. The molecule has 0 aliphatic carbocycles. The van der Waals surface area contributed by atoms with E-state index >= 15 is 0 Å². The molecule has 0 bridgehead atoms. The first-order valence-electron chi connectivity index (χ1n) is 6.90. The first-order valence-corrected chi connectivity index (χ1v) is 13.0. The average Bonchev–Trinajstić information content (AvgIpc) is 2.34. The molecule has 116 valence electrons. The van der Waals surface area contributed by atoms with Gasteiger partial charge in [-0.05, 0) is 25.2 Å². The molecule has 0 amide bonds. The smallest absolute Gasteiger partial charge is 0.146 e. The molecule has 4 nitrogen and oxygen atoms in total. The highest BCUT2D eigenvalue weighted by molar-refractivity contribution is 7.94. The molecule has 0 aliphatic rings. The minimum atomic E-state index is -1.03. The van der Waals surface area contributed by atoms with Gasteiger partial charge in [-0.2, -0.15) is 0 Å². The Kier molecular flexibility index (Phi) is 12.6. The summed E-state index contributed by atoms with van der Waals surface area (Å²) in [5.74, 6) is 0. The van der Waals surface area contributed by atoms with E-state index in [9.17, 15) is 0 Å². The van der Waals surface area contributed by atoms with Crippen LogP contribution >= 0.6 is 7.47 Å². The molecule has 0 spiro atoms. The van der Waals surface area contributed by atoms with Crippen molar-refractivity contribution in [2.75, 3.05) is 53.3 Å². The van der Waals surface area contributed by atoms with E-state index in [0.29, 0.717) is 13.6 Å². The third-order valence-corrected chi connectivity index (χ3v) is 13.4. The fourth-order valence-corrected chi connectivity index (χ4v) is 9.34.